The number of phenolic OH excluding ortho intramolecular Hbond substituents is 1. The molecule has 10 heteroatoms. The SMILES string of the molecule is COc1cc(/C=N/NC(=O)COc2cc(Cl)c(Cl)cc2Cl)cc(Br)c1O. The van der Waals surface area contributed by atoms with Crippen LogP contribution in [0.5, 0.6) is 17.2 Å². The number of amides is 1. The van der Waals surface area contributed by atoms with E-state index in [1.165, 1.54) is 25.5 Å². The van der Waals surface area contributed by atoms with E-state index < -0.39 is 5.91 Å². The third kappa shape index (κ3) is 5.41. The van der Waals surface area contributed by atoms with Gasteiger partial charge in [-0.1, -0.05) is 34.8 Å². The molecule has 2 aromatic carbocycles. The van der Waals surface area contributed by atoms with Gasteiger partial charge in [0.15, 0.2) is 18.1 Å². The molecule has 138 valence electrons. The van der Waals surface area contributed by atoms with E-state index in [4.69, 9.17) is 44.3 Å². The first kappa shape index (κ1) is 20.6. The largest absolute Gasteiger partial charge is 0.503 e. The Labute approximate surface area is 172 Å². The first-order valence-corrected chi connectivity index (χ1v) is 8.90. The quantitative estimate of drug-likeness (QED) is 0.357. The zero-order valence-electron chi connectivity index (χ0n) is 13.2. The first-order valence-electron chi connectivity index (χ1n) is 6.97. The van der Waals surface area contributed by atoms with E-state index >= 15 is 0 Å². The van der Waals surface area contributed by atoms with Gasteiger partial charge in [-0.2, -0.15) is 5.10 Å². The first-order chi connectivity index (χ1) is 12.3. The Hall–Kier alpha value is -1.67. The van der Waals surface area contributed by atoms with Gasteiger partial charge < -0.3 is 14.6 Å². The molecule has 26 heavy (non-hydrogen) atoms. The summed E-state index contributed by atoms with van der Waals surface area (Å²) in [5, 5.41) is 14.3. The van der Waals surface area contributed by atoms with Crippen LogP contribution in [-0.4, -0.2) is 30.9 Å². The van der Waals surface area contributed by atoms with Crippen molar-refractivity contribution in [1.29, 1.82) is 0 Å². The van der Waals surface area contributed by atoms with Gasteiger partial charge in [0.2, 0.25) is 0 Å². The molecule has 2 N–H and O–H groups in total. The van der Waals surface area contributed by atoms with Crippen LogP contribution in [0.4, 0.5) is 0 Å². The summed E-state index contributed by atoms with van der Waals surface area (Å²) in [5.74, 6) is -0.0362. The third-order valence-corrected chi connectivity index (χ3v) is 4.63. The second kappa shape index (κ2) is 9.32. The van der Waals surface area contributed by atoms with Crippen molar-refractivity contribution >= 4 is 62.9 Å². The van der Waals surface area contributed by atoms with Gasteiger partial charge >= 0.3 is 0 Å². The summed E-state index contributed by atoms with van der Waals surface area (Å²) in [6.45, 7) is -0.322. The fourth-order valence-electron chi connectivity index (χ4n) is 1.79. The zero-order valence-corrected chi connectivity index (χ0v) is 17.1. The summed E-state index contributed by atoms with van der Waals surface area (Å²) in [7, 11) is 1.43. The summed E-state index contributed by atoms with van der Waals surface area (Å²) in [6.07, 6.45) is 1.39. The molecule has 0 fully saturated rings. The number of hydrogen-bond acceptors (Lipinski definition) is 5. The van der Waals surface area contributed by atoms with E-state index in [-0.39, 0.29) is 38.9 Å². The highest BCUT2D eigenvalue weighted by atomic mass is 79.9. The lowest BCUT2D eigenvalue weighted by molar-refractivity contribution is -0.123. The van der Waals surface area contributed by atoms with E-state index in [0.717, 1.165) is 0 Å². The molecule has 0 saturated carbocycles. The van der Waals surface area contributed by atoms with Crippen LogP contribution < -0.4 is 14.9 Å². The maximum atomic E-state index is 11.8. The third-order valence-electron chi connectivity index (χ3n) is 3.01. The number of carbonyl (C=O) groups is 1. The van der Waals surface area contributed by atoms with Crippen molar-refractivity contribution in [2.45, 2.75) is 0 Å². The van der Waals surface area contributed by atoms with Crippen molar-refractivity contribution in [3.05, 3.63) is 49.4 Å². The predicted octanol–water partition coefficient (Wildman–Crippen LogP) is 4.65. The van der Waals surface area contributed by atoms with Gasteiger partial charge in [-0.3, -0.25) is 4.79 Å². The molecule has 0 bridgehead atoms. The van der Waals surface area contributed by atoms with Crippen molar-refractivity contribution in [3.63, 3.8) is 0 Å². The number of nitrogens with one attached hydrogen (secondary N) is 1. The molecule has 0 aliphatic rings. The summed E-state index contributed by atoms with van der Waals surface area (Å²) < 4.78 is 10.7. The minimum Gasteiger partial charge on any atom is -0.503 e. The second-order valence-corrected chi connectivity index (χ2v) is 6.91. The molecule has 0 aliphatic carbocycles. The van der Waals surface area contributed by atoms with Crippen LogP contribution in [0.2, 0.25) is 15.1 Å². The zero-order chi connectivity index (χ0) is 19.3. The van der Waals surface area contributed by atoms with Gasteiger partial charge in [0, 0.05) is 6.07 Å². The van der Waals surface area contributed by atoms with Crippen LogP contribution in [0.1, 0.15) is 5.56 Å². The molecular weight excluding hydrogens is 470 g/mol. The van der Waals surface area contributed by atoms with Crippen LogP contribution in [-0.2, 0) is 4.79 Å². The minimum atomic E-state index is -0.506. The fraction of sp³-hybridized carbons (Fsp3) is 0.125. The van der Waals surface area contributed by atoms with Gasteiger partial charge in [-0.05, 0) is 39.7 Å². The van der Waals surface area contributed by atoms with E-state index in [1.807, 2.05) is 0 Å². The molecule has 0 aromatic heterocycles. The number of benzene rings is 2. The molecular formula is C16H12BrCl3N2O4. The highest BCUT2D eigenvalue weighted by molar-refractivity contribution is 9.10. The number of rotatable bonds is 6. The molecule has 0 unspecified atom stereocenters. The van der Waals surface area contributed by atoms with Gasteiger partial charge in [-0.15, -0.1) is 0 Å². The number of ether oxygens (including phenoxy) is 2. The summed E-state index contributed by atoms with van der Waals surface area (Å²) in [6, 6.07) is 6.01. The molecule has 0 saturated heterocycles. The Morgan fingerprint density at radius 3 is 2.58 bits per heavy atom. The molecule has 1 amide bonds. The highest BCUT2D eigenvalue weighted by Gasteiger charge is 2.10. The average molecular weight is 483 g/mol. The normalized spacial score (nSPS) is 10.8. The van der Waals surface area contributed by atoms with Crippen molar-refractivity contribution in [1.82, 2.24) is 5.43 Å². The second-order valence-electron chi connectivity index (χ2n) is 4.83. The van der Waals surface area contributed by atoms with Gasteiger partial charge in [0.05, 0.1) is 32.9 Å². The average Bonchev–Trinajstić information content (AvgIpc) is 2.59. The molecule has 0 heterocycles. The Morgan fingerprint density at radius 1 is 1.19 bits per heavy atom. The van der Waals surface area contributed by atoms with Crippen molar-refractivity contribution in [2.24, 2.45) is 5.10 Å². The fourth-order valence-corrected chi connectivity index (χ4v) is 2.84. The van der Waals surface area contributed by atoms with E-state index in [2.05, 4.69) is 26.5 Å². The van der Waals surface area contributed by atoms with Gasteiger partial charge in [-0.25, -0.2) is 5.43 Å². The van der Waals surface area contributed by atoms with Crippen molar-refractivity contribution in [2.75, 3.05) is 13.7 Å². The Kier molecular flexibility index (Phi) is 7.40. The number of methoxy groups -OCH3 is 1. The molecule has 2 rings (SSSR count). The predicted molar refractivity (Wildman–Crippen MR) is 105 cm³/mol. The Bertz CT molecular complexity index is 862. The molecule has 6 nitrogen and oxygen atoms in total. The molecule has 0 atom stereocenters. The molecule has 0 aliphatic heterocycles. The number of nitrogens with zero attached hydrogens (tertiary/aromatic N) is 1. The lowest BCUT2D eigenvalue weighted by Crippen LogP contribution is -2.24. The maximum Gasteiger partial charge on any atom is 0.277 e. The van der Waals surface area contributed by atoms with Gasteiger partial charge in [0.1, 0.15) is 5.75 Å². The van der Waals surface area contributed by atoms with E-state index in [0.29, 0.717) is 10.0 Å². The standard InChI is InChI=1S/C16H12BrCl3N2O4/c1-25-14-3-8(2-9(17)16(14)24)6-21-22-15(23)7-26-13-5-11(19)10(18)4-12(13)20/h2-6,24H,7H2,1H3,(H,22,23)/b21-6+. The number of hydrazone groups is 1. The monoisotopic (exact) mass is 480 g/mol. The summed E-state index contributed by atoms with van der Waals surface area (Å²) >= 11 is 20.8. The Morgan fingerprint density at radius 2 is 1.88 bits per heavy atom. The molecule has 0 radical (unpaired) electrons. The lowest BCUT2D eigenvalue weighted by atomic mass is 10.2. The summed E-state index contributed by atoms with van der Waals surface area (Å²) in [5.41, 5.74) is 2.90. The van der Waals surface area contributed by atoms with Crippen LogP contribution in [0, 0.1) is 0 Å². The lowest BCUT2D eigenvalue weighted by Gasteiger charge is -2.08. The van der Waals surface area contributed by atoms with Crippen LogP contribution in [0.3, 0.4) is 0 Å². The molecule has 2 aromatic rings. The number of carbonyl (C=O) groups excluding carboxylic acids is 1. The Balaban J connectivity index is 1.94. The van der Waals surface area contributed by atoms with E-state index in [9.17, 15) is 9.90 Å². The van der Waals surface area contributed by atoms with Gasteiger partial charge in [0.25, 0.3) is 5.91 Å². The number of halogens is 4. The van der Waals surface area contributed by atoms with Crippen LogP contribution in [0.25, 0.3) is 0 Å². The number of hydrogen-bond donors (Lipinski definition) is 2. The van der Waals surface area contributed by atoms with E-state index in [1.54, 1.807) is 12.1 Å². The topological polar surface area (TPSA) is 80.2 Å². The minimum absolute atomic E-state index is 0.0272. The van der Waals surface area contributed by atoms with Crippen molar-refractivity contribution in [3.8, 4) is 17.2 Å². The number of phenols is 1. The maximum absolute atomic E-state index is 11.8. The number of aromatic hydroxyl groups is 1. The highest BCUT2D eigenvalue weighted by Crippen LogP contribution is 2.35. The smallest absolute Gasteiger partial charge is 0.277 e. The molecule has 0 spiro atoms. The van der Waals surface area contributed by atoms with Crippen molar-refractivity contribution < 1.29 is 19.4 Å². The van der Waals surface area contributed by atoms with Crippen LogP contribution >= 0.6 is 50.7 Å². The van der Waals surface area contributed by atoms with Crippen LogP contribution in [0.15, 0.2) is 33.8 Å². The summed E-state index contributed by atoms with van der Waals surface area (Å²) in [4.78, 5) is 11.8.